The number of unbranched alkanes of at least 4 members (excludes halogenated alkanes) is 1. The maximum absolute atomic E-state index is 14.5. The molecule has 2 fully saturated rings. The Morgan fingerprint density at radius 3 is 1.93 bits per heavy atom. The van der Waals surface area contributed by atoms with Crippen molar-refractivity contribution in [3.05, 3.63) is 35.9 Å². The van der Waals surface area contributed by atoms with E-state index in [2.05, 4.69) is 47.5 Å². The summed E-state index contributed by atoms with van der Waals surface area (Å²) in [4.78, 5) is 167. The molecule has 0 unspecified atom stereocenters. The van der Waals surface area contributed by atoms with E-state index >= 15 is 0 Å². The van der Waals surface area contributed by atoms with Gasteiger partial charge in [-0.15, -0.1) is 11.8 Å². The molecule has 0 aromatic heterocycles. The van der Waals surface area contributed by atoms with Crippen LogP contribution in [0.5, 0.6) is 0 Å². The number of fused-ring (bicyclic) bond motifs is 5. The van der Waals surface area contributed by atoms with Gasteiger partial charge in [0.15, 0.2) is 23.3 Å². The third kappa shape index (κ3) is 30.1. The fourth-order valence-corrected chi connectivity index (χ4v) is 12.4. The number of aliphatic imine (C=N–C) groups is 1. The number of Topliss-reactive ketones (excluding diaryl/α,β-unsaturated/α-hetero) is 4. The summed E-state index contributed by atoms with van der Waals surface area (Å²) in [5.41, 5.74) is 28.6. The highest BCUT2D eigenvalue weighted by atomic mass is 33.1. The van der Waals surface area contributed by atoms with Crippen LogP contribution in [0.3, 0.4) is 0 Å². The second-order valence-electron chi connectivity index (χ2n) is 20.7. The molecule has 2 aliphatic rings. The second-order valence-corrected chi connectivity index (χ2v) is 24.3. The fraction of sp³-hybridized carbons (Fsp3) is 0.648. The molecule has 2 heterocycles. The zero-order chi connectivity index (χ0) is 61.8. The zero-order valence-corrected chi connectivity index (χ0v) is 50.0. The molecule has 84 heavy (non-hydrogen) atoms. The second kappa shape index (κ2) is 41.0. The number of thioether (sulfide) groups is 1. The number of benzene rings is 1. The van der Waals surface area contributed by atoms with E-state index in [9.17, 15) is 62.6 Å². The minimum atomic E-state index is -1.50. The average Bonchev–Trinajstić information content (AvgIpc) is 3.48. The Kier molecular flexibility index (Phi) is 35.2. The number of amides is 7. The molecule has 7 atom stereocenters. The van der Waals surface area contributed by atoms with Gasteiger partial charge in [-0.3, -0.25) is 62.5 Å². The van der Waals surface area contributed by atoms with E-state index in [1.54, 1.807) is 30.3 Å². The molecule has 1 aromatic carbocycles. The maximum Gasteiger partial charge on any atom is 0.304 e. The van der Waals surface area contributed by atoms with Crippen LogP contribution in [0, 0.1) is 23.7 Å². The maximum atomic E-state index is 14.5. The van der Waals surface area contributed by atoms with Crippen molar-refractivity contribution in [2.24, 2.45) is 57.3 Å². The Morgan fingerprint density at radius 1 is 0.679 bits per heavy atom. The number of carbonyl (C=O) groups excluding carboxylic acids is 11. The largest absolute Gasteiger partial charge is 0.481 e. The summed E-state index contributed by atoms with van der Waals surface area (Å²) in [6.07, 6.45) is -0.622. The lowest BCUT2D eigenvalue weighted by Gasteiger charge is -2.25. The highest BCUT2D eigenvalue weighted by molar-refractivity contribution is 8.76. The molecule has 7 amide bonds. The summed E-state index contributed by atoms with van der Waals surface area (Å²) in [6, 6.07) is 3.30. The fourth-order valence-electron chi connectivity index (χ4n) is 9.12. The number of nitrogens with two attached hydrogens (primary N) is 5. The van der Waals surface area contributed by atoms with Crippen LogP contribution in [0.25, 0.3) is 0 Å². The van der Waals surface area contributed by atoms with Crippen molar-refractivity contribution >= 4 is 110 Å². The van der Waals surface area contributed by atoms with Crippen LogP contribution in [0.2, 0.25) is 0 Å². The first-order chi connectivity index (χ1) is 40.2. The van der Waals surface area contributed by atoms with Gasteiger partial charge in [0.05, 0.1) is 36.7 Å². The van der Waals surface area contributed by atoms with Gasteiger partial charge in [-0.1, -0.05) is 51.9 Å². The molecule has 1 aromatic rings. The molecule has 2 saturated heterocycles. The number of carboxylic acid groups (broad SMARTS) is 1. The van der Waals surface area contributed by atoms with Gasteiger partial charge < -0.3 is 76.3 Å². The number of primary amides is 1. The first-order valence-corrected chi connectivity index (χ1v) is 31.9. The van der Waals surface area contributed by atoms with Crippen molar-refractivity contribution in [1.29, 1.82) is 0 Å². The lowest BCUT2D eigenvalue weighted by molar-refractivity contribution is -0.142. The van der Waals surface area contributed by atoms with Crippen LogP contribution in [-0.4, -0.2) is 188 Å². The smallest absolute Gasteiger partial charge is 0.304 e. The topological polar surface area (TPSA) is 464 Å². The van der Waals surface area contributed by atoms with E-state index < -0.39 is 133 Å². The highest BCUT2D eigenvalue weighted by Gasteiger charge is 2.35. The third-order valence-electron chi connectivity index (χ3n) is 13.6. The van der Waals surface area contributed by atoms with Crippen LogP contribution >= 0.6 is 33.3 Å². The summed E-state index contributed by atoms with van der Waals surface area (Å²) in [6.45, 7) is 2.96. The molecule has 0 aliphatic carbocycles. The normalized spacial score (nSPS) is 22.2. The van der Waals surface area contributed by atoms with E-state index in [-0.39, 0.29) is 105 Å². The molecule has 0 saturated carbocycles. The van der Waals surface area contributed by atoms with Crippen LogP contribution in [0.1, 0.15) is 89.0 Å². The Balaban J connectivity index is 1.96. The predicted octanol–water partition coefficient (Wildman–Crippen LogP) is -2.71. The predicted molar refractivity (Wildman–Crippen MR) is 321 cm³/mol. The van der Waals surface area contributed by atoms with E-state index in [4.69, 9.17) is 28.7 Å². The van der Waals surface area contributed by atoms with Crippen molar-refractivity contribution < 1.29 is 62.6 Å². The number of nitrogens with zero attached hydrogens (tertiary/aromatic N) is 1. The Bertz CT molecular complexity index is 2380. The monoisotopic (exact) mass is 1230 g/mol. The van der Waals surface area contributed by atoms with E-state index in [0.29, 0.717) is 64.1 Å². The van der Waals surface area contributed by atoms with Crippen molar-refractivity contribution in [3.8, 4) is 0 Å². The number of hydrogen-bond donors (Lipinski definition) is 14. The number of hydrogen-bond acceptors (Lipinski definition) is 20. The summed E-state index contributed by atoms with van der Waals surface area (Å²) < 4.78 is 0. The molecular weight excluding hydrogens is 1150 g/mol. The van der Waals surface area contributed by atoms with Gasteiger partial charge in [0.2, 0.25) is 41.4 Å². The standard InChI is InChI=1S/C54H86N14O13S3/c55-14-18-60-26-34(27-61-19-15-56)21-38(69)11-6-13-46(73)62-16-5-4-12-40-53(81)67-42-31-84-83-30-41(45(72)24-36(20-33-8-2-1-3-9-33)51(79)68-43(49(57)77)29-82-32-47(74)65-40)66-52(80)37(25-48(75)76)22-39(70)28-64-50(78)35(23-44(42)71)10-7-17-63-54(58)59/h1-3,8-9,34-37,40-43,60-61H,4-7,10-32,55-56H2,(H2,57,77)(H,62,73)(H,64,78)(H,65,74)(H,66,80)(H,67,81)(H,68,79)(H,75,76)(H4,58,59,63)/t35-,36-,37+,40+,41+,42+,43+/m1/s1. The van der Waals surface area contributed by atoms with Crippen molar-refractivity contribution in [3.63, 3.8) is 0 Å². The Labute approximate surface area is 501 Å². The lowest BCUT2D eigenvalue weighted by Crippen LogP contribution is -2.53. The van der Waals surface area contributed by atoms with Crippen molar-refractivity contribution in [2.45, 2.75) is 114 Å². The average molecular weight is 1240 g/mol. The highest BCUT2D eigenvalue weighted by Crippen LogP contribution is 2.27. The van der Waals surface area contributed by atoms with Gasteiger partial charge in [0.1, 0.15) is 17.9 Å². The molecule has 0 radical (unpaired) electrons. The molecular formula is C54H86N14O13S3. The Morgan fingerprint density at radius 2 is 1.31 bits per heavy atom. The number of ketones is 4. The SMILES string of the molecule is NCCNCC(CNCCN)CC(=O)CCCC(=O)NCCCC[C@@H]1NC(=O)CSC[C@@H](C(N)=O)NC(=O)[C@H](Cc2ccccc2)CC(=O)[C@@H]2CSSC[C@H](NC1=O)C(=O)C[C@@H](CCCN=C(N)N)C(=O)NCC(=O)C[C@@H](CC(=O)O)C(=O)N2. The van der Waals surface area contributed by atoms with Crippen molar-refractivity contribution in [2.75, 3.05) is 81.9 Å². The molecule has 3 rings (SSSR count). The summed E-state index contributed by atoms with van der Waals surface area (Å²) in [7, 11) is 2.02. The first-order valence-electron chi connectivity index (χ1n) is 28.3. The van der Waals surface area contributed by atoms with Gasteiger partial charge in [-0.05, 0) is 69.5 Å². The molecule has 27 nitrogen and oxygen atoms in total. The van der Waals surface area contributed by atoms with Gasteiger partial charge in [0.25, 0.3) is 0 Å². The molecule has 30 heteroatoms. The van der Waals surface area contributed by atoms with Crippen LogP contribution in [0.15, 0.2) is 35.3 Å². The summed E-state index contributed by atoms with van der Waals surface area (Å²) in [5.74, 6) is -13.4. The molecule has 2 bridgehead atoms. The Hall–Kier alpha value is -6.18. The van der Waals surface area contributed by atoms with Gasteiger partial charge in [-0.2, -0.15) is 0 Å². The van der Waals surface area contributed by atoms with Gasteiger partial charge >= 0.3 is 5.97 Å². The number of carboxylic acids is 1. The van der Waals surface area contributed by atoms with E-state index in [1.165, 1.54) is 0 Å². The van der Waals surface area contributed by atoms with E-state index in [0.717, 1.165) is 33.3 Å². The zero-order valence-electron chi connectivity index (χ0n) is 47.5. The minimum absolute atomic E-state index is 0.00976. The number of carbonyl (C=O) groups is 12. The van der Waals surface area contributed by atoms with Crippen LogP contribution in [-0.2, 0) is 64.0 Å². The van der Waals surface area contributed by atoms with Crippen LogP contribution in [0.4, 0.5) is 0 Å². The van der Waals surface area contributed by atoms with E-state index in [1.807, 2.05) is 0 Å². The quantitative estimate of drug-likeness (QED) is 0.0176. The number of nitrogens with one attached hydrogen (secondary N) is 8. The van der Waals surface area contributed by atoms with Crippen molar-refractivity contribution in [1.82, 2.24) is 42.5 Å². The molecule has 2 aliphatic heterocycles. The number of guanidine groups is 1. The molecule has 19 N–H and O–H groups in total. The molecule has 0 spiro atoms. The summed E-state index contributed by atoms with van der Waals surface area (Å²) >= 11 is 0.918. The van der Waals surface area contributed by atoms with Gasteiger partial charge in [-0.25, -0.2) is 0 Å². The summed E-state index contributed by atoms with van der Waals surface area (Å²) in [5, 5.41) is 32.3. The molecule has 468 valence electrons. The van der Waals surface area contributed by atoms with Gasteiger partial charge in [0, 0.05) is 107 Å². The first kappa shape index (κ1) is 72.1. The third-order valence-corrected chi connectivity index (χ3v) is 17.1. The number of aliphatic carboxylic acids is 1. The van der Waals surface area contributed by atoms with Crippen LogP contribution < -0.4 is 71.2 Å². The minimum Gasteiger partial charge on any atom is -0.481 e. The number of rotatable bonds is 28. The lowest BCUT2D eigenvalue weighted by atomic mass is 9.91.